The smallest absolute Gasteiger partial charge is 0.235 e. The van der Waals surface area contributed by atoms with Crippen LogP contribution in [0.1, 0.15) is 26.2 Å². The molecule has 0 aliphatic carbocycles. The van der Waals surface area contributed by atoms with Gasteiger partial charge in [-0.1, -0.05) is 13.3 Å². The lowest BCUT2D eigenvalue weighted by atomic mass is 10.2. The summed E-state index contributed by atoms with van der Waals surface area (Å²) in [5, 5.41) is 8.65. The summed E-state index contributed by atoms with van der Waals surface area (Å²) in [6.07, 6.45) is 2.43. The quantitative estimate of drug-likeness (QED) is 0.386. The van der Waals surface area contributed by atoms with Crippen molar-refractivity contribution in [3.63, 3.8) is 0 Å². The molecule has 2 atom stereocenters. The lowest BCUT2D eigenvalue weighted by Gasteiger charge is -2.25. The third-order valence-corrected chi connectivity index (χ3v) is 4.06. The molecule has 0 aliphatic rings. The number of rotatable bonds is 8. The highest BCUT2D eigenvalue weighted by molar-refractivity contribution is 7.70. The Morgan fingerprint density at radius 2 is 1.88 bits per heavy atom. The van der Waals surface area contributed by atoms with Gasteiger partial charge in [0.25, 0.3) is 0 Å². The van der Waals surface area contributed by atoms with Crippen molar-refractivity contribution in [2.45, 2.75) is 31.8 Å². The zero-order valence-electron chi connectivity index (χ0n) is 10.8. The van der Waals surface area contributed by atoms with Crippen molar-refractivity contribution in [2.75, 3.05) is 34.3 Å². The van der Waals surface area contributed by atoms with Gasteiger partial charge in [0.1, 0.15) is 14.7 Å². The molecule has 0 amide bonds. The minimum absolute atomic E-state index is 0.0287. The zero-order valence-corrected chi connectivity index (χ0v) is 11.7. The Morgan fingerprint density at radius 3 is 2.31 bits per heavy atom. The van der Waals surface area contributed by atoms with Crippen LogP contribution in [0.25, 0.3) is 0 Å². The molecule has 5 heteroatoms. The number of quaternary nitrogens is 1. The molecule has 0 aromatic heterocycles. The average Bonchev–Trinajstić information content (AvgIpc) is 2.14. The summed E-state index contributed by atoms with van der Waals surface area (Å²) in [5.74, 6) is 0. The molecule has 0 saturated carbocycles. The molecule has 0 aromatic rings. The van der Waals surface area contributed by atoms with Gasteiger partial charge in [0.05, 0.1) is 21.1 Å². The van der Waals surface area contributed by atoms with Gasteiger partial charge in [0, 0.05) is 12.3 Å². The van der Waals surface area contributed by atoms with Crippen molar-refractivity contribution in [2.24, 2.45) is 0 Å². The van der Waals surface area contributed by atoms with Gasteiger partial charge in [-0.05, 0) is 12.8 Å². The third-order valence-electron chi connectivity index (χ3n) is 2.31. The molecule has 0 bridgehead atoms. The fourth-order valence-electron chi connectivity index (χ4n) is 1.40. The second-order valence-electron chi connectivity index (χ2n) is 5.26. The molecule has 4 nitrogen and oxygen atoms in total. The van der Waals surface area contributed by atoms with Gasteiger partial charge in [0.2, 0.25) is 5.52 Å². The van der Waals surface area contributed by atoms with E-state index in [0.717, 1.165) is 19.3 Å². The number of nitrogens with zero attached hydrogens (tertiary/aromatic N) is 1. The van der Waals surface area contributed by atoms with Crippen molar-refractivity contribution in [3.05, 3.63) is 0 Å². The Bertz CT molecular complexity index is 216. The van der Waals surface area contributed by atoms with Gasteiger partial charge in [0.15, 0.2) is 0 Å². The summed E-state index contributed by atoms with van der Waals surface area (Å²) >= 11 is 0. The predicted octanol–water partition coefficient (Wildman–Crippen LogP) is 1.16. The van der Waals surface area contributed by atoms with Crippen molar-refractivity contribution in [1.29, 1.82) is 0 Å². The highest BCUT2D eigenvalue weighted by Gasteiger charge is 2.26. The number of likely N-dealkylation sites (N-methyl/N-ethyl adjacent to an activating group) is 1. The van der Waals surface area contributed by atoms with E-state index in [2.05, 4.69) is 0 Å². The van der Waals surface area contributed by atoms with Crippen molar-refractivity contribution >= 4 is 13.7 Å². The summed E-state index contributed by atoms with van der Waals surface area (Å²) in [5.41, 5.74) is 0.0135. The molecule has 0 fully saturated rings. The van der Waals surface area contributed by atoms with Crippen LogP contribution in [-0.2, 0) is 4.79 Å². The minimum atomic E-state index is -1.52. The molecule has 2 unspecified atom stereocenters. The van der Waals surface area contributed by atoms with Crippen molar-refractivity contribution in [1.82, 2.24) is 0 Å². The van der Waals surface area contributed by atoms with Crippen molar-refractivity contribution < 1.29 is 19.3 Å². The SMILES string of the molecule is CC(CCCCO)P(O)C(=O)C[N+](C)(C)C. The molecule has 2 N–H and O–H groups in total. The Hall–Kier alpha value is -0.0200. The maximum absolute atomic E-state index is 11.7. The van der Waals surface area contributed by atoms with Gasteiger partial charge in [-0.3, -0.25) is 4.79 Å². The van der Waals surface area contributed by atoms with Gasteiger partial charge < -0.3 is 14.5 Å². The second kappa shape index (κ2) is 7.33. The van der Waals surface area contributed by atoms with E-state index in [0.29, 0.717) is 11.0 Å². The fourth-order valence-corrected chi connectivity index (χ4v) is 2.89. The molecule has 0 aliphatic heterocycles. The van der Waals surface area contributed by atoms with E-state index < -0.39 is 8.15 Å². The number of aliphatic hydroxyl groups is 1. The van der Waals surface area contributed by atoms with Gasteiger partial charge >= 0.3 is 0 Å². The van der Waals surface area contributed by atoms with E-state index >= 15 is 0 Å². The molecule has 0 radical (unpaired) electrons. The van der Waals surface area contributed by atoms with Crippen LogP contribution in [0.5, 0.6) is 0 Å². The number of hydrogen-bond acceptors (Lipinski definition) is 3. The van der Waals surface area contributed by atoms with Gasteiger partial charge in [-0.15, -0.1) is 0 Å². The number of carbonyl (C=O) groups is 1. The first-order valence-electron chi connectivity index (χ1n) is 5.70. The summed E-state index contributed by atoms with van der Waals surface area (Å²) in [6.45, 7) is 2.48. The molecular formula is C11H25NO3P+. The van der Waals surface area contributed by atoms with Crippen LogP contribution in [0.4, 0.5) is 0 Å². The molecule has 96 valence electrons. The number of hydrogen-bond donors (Lipinski definition) is 2. The Kier molecular flexibility index (Phi) is 7.32. The van der Waals surface area contributed by atoms with Crippen LogP contribution in [0, 0.1) is 0 Å². The van der Waals surface area contributed by atoms with E-state index in [-0.39, 0.29) is 17.8 Å². The third kappa shape index (κ3) is 7.29. The van der Waals surface area contributed by atoms with Crippen LogP contribution in [0.2, 0.25) is 0 Å². The van der Waals surface area contributed by atoms with Gasteiger partial charge in [-0.2, -0.15) is 0 Å². The highest BCUT2D eigenvalue weighted by atomic mass is 31.1. The van der Waals surface area contributed by atoms with E-state index in [1.165, 1.54) is 0 Å². The predicted molar refractivity (Wildman–Crippen MR) is 67.4 cm³/mol. The van der Waals surface area contributed by atoms with Crippen LogP contribution in [0.15, 0.2) is 0 Å². The summed E-state index contributed by atoms with van der Waals surface area (Å²) in [4.78, 5) is 21.6. The molecule has 16 heavy (non-hydrogen) atoms. The van der Waals surface area contributed by atoms with Crippen LogP contribution in [-0.4, -0.2) is 60.0 Å². The number of unbranched alkanes of at least 4 members (excludes halogenated alkanes) is 1. The van der Waals surface area contributed by atoms with Crippen LogP contribution < -0.4 is 0 Å². The first-order chi connectivity index (χ1) is 7.28. The Morgan fingerprint density at radius 1 is 1.31 bits per heavy atom. The van der Waals surface area contributed by atoms with Gasteiger partial charge in [-0.25, -0.2) is 0 Å². The standard InChI is InChI=1S/C11H25NO3P/c1-10(7-5-6-8-13)16(15)11(14)9-12(2,3)4/h10,13,15H,5-9H2,1-4H3/q+1. The fraction of sp³-hybridized carbons (Fsp3) is 0.909. The number of aliphatic hydroxyl groups excluding tert-OH is 1. The van der Waals surface area contributed by atoms with Crippen LogP contribution in [0.3, 0.4) is 0 Å². The number of carbonyl (C=O) groups excluding carboxylic acids is 1. The largest absolute Gasteiger partial charge is 0.396 e. The van der Waals surface area contributed by atoms with E-state index in [1.54, 1.807) is 0 Å². The Balaban J connectivity index is 4.01. The monoisotopic (exact) mass is 250 g/mol. The Labute approximate surface area is 99.7 Å². The molecular weight excluding hydrogens is 225 g/mol. The maximum atomic E-state index is 11.7. The first kappa shape index (κ1) is 16.0. The van der Waals surface area contributed by atoms with E-state index in [4.69, 9.17) is 5.11 Å². The molecule has 0 aromatic carbocycles. The first-order valence-corrected chi connectivity index (χ1v) is 7.06. The highest BCUT2D eigenvalue weighted by Crippen LogP contribution is 2.40. The summed E-state index contributed by atoms with van der Waals surface area (Å²) in [7, 11) is 4.31. The lowest BCUT2D eigenvalue weighted by molar-refractivity contribution is -0.861. The minimum Gasteiger partial charge on any atom is -0.396 e. The molecule has 0 saturated heterocycles. The molecule has 0 rings (SSSR count). The summed E-state index contributed by atoms with van der Waals surface area (Å²) in [6, 6.07) is 0. The topological polar surface area (TPSA) is 57.5 Å². The summed E-state index contributed by atoms with van der Waals surface area (Å²) < 4.78 is 0.557. The normalized spacial score (nSPS) is 15.9. The molecule has 0 spiro atoms. The second-order valence-corrected chi connectivity index (χ2v) is 7.32. The lowest BCUT2D eigenvalue weighted by Crippen LogP contribution is -2.39. The zero-order chi connectivity index (χ0) is 12.8. The van der Waals surface area contributed by atoms with E-state index in [9.17, 15) is 9.69 Å². The van der Waals surface area contributed by atoms with Crippen LogP contribution >= 0.6 is 8.15 Å². The molecule has 0 heterocycles. The van der Waals surface area contributed by atoms with Crippen molar-refractivity contribution in [3.8, 4) is 0 Å². The average molecular weight is 250 g/mol. The van der Waals surface area contributed by atoms with E-state index in [1.807, 2.05) is 28.1 Å². The maximum Gasteiger partial charge on any atom is 0.235 e.